The molecule has 1 fully saturated rings. The molecule has 0 radical (unpaired) electrons. The summed E-state index contributed by atoms with van der Waals surface area (Å²) in [6.07, 6.45) is 5.89. The van der Waals surface area contributed by atoms with Crippen molar-refractivity contribution in [3.8, 4) is 0 Å². The van der Waals surface area contributed by atoms with Crippen molar-refractivity contribution < 1.29 is 12.8 Å². The number of hydrogen-bond acceptors (Lipinski definition) is 6. The summed E-state index contributed by atoms with van der Waals surface area (Å²) >= 11 is 7.63. The largest absolute Gasteiger partial charge is 0.379 e. The summed E-state index contributed by atoms with van der Waals surface area (Å²) in [6, 6.07) is 2.87. The third-order valence-electron chi connectivity index (χ3n) is 5.07. The number of likely N-dealkylation sites (N-methyl/N-ethyl adjacent to an activating group) is 1. The SMILES string of the molecule is Cc1cnc(CS(=O)(=O)c2cc(Cl)c(N[C@H]3CCCC[C@@H]3N(C)C)cc2F)s1. The lowest BCUT2D eigenvalue weighted by atomic mass is 9.89. The highest BCUT2D eigenvalue weighted by Gasteiger charge is 2.28. The Hall–Kier alpha value is -1.22. The Bertz CT molecular complexity index is 947. The fourth-order valence-electron chi connectivity index (χ4n) is 3.68. The minimum absolute atomic E-state index is 0.140. The van der Waals surface area contributed by atoms with Gasteiger partial charge in [-0.15, -0.1) is 11.3 Å². The predicted octanol–water partition coefficient (Wildman–Crippen LogP) is 4.50. The normalized spacial score (nSPS) is 20.5. The molecule has 0 amide bonds. The molecule has 1 aliphatic carbocycles. The Kier molecular flexibility index (Phi) is 6.64. The van der Waals surface area contributed by atoms with Crippen molar-refractivity contribution in [1.82, 2.24) is 9.88 Å². The van der Waals surface area contributed by atoms with Crippen LogP contribution in [-0.2, 0) is 15.6 Å². The van der Waals surface area contributed by atoms with Gasteiger partial charge in [-0.05, 0) is 46.0 Å². The minimum atomic E-state index is -3.87. The molecule has 154 valence electrons. The van der Waals surface area contributed by atoms with Gasteiger partial charge in [-0.3, -0.25) is 0 Å². The van der Waals surface area contributed by atoms with E-state index in [4.69, 9.17) is 11.6 Å². The zero-order valence-corrected chi connectivity index (χ0v) is 18.6. The minimum Gasteiger partial charge on any atom is -0.379 e. The maximum atomic E-state index is 14.7. The number of thiazole rings is 1. The second-order valence-corrected chi connectivity index (χ2v) is 11.1. The lowest BCUT2D eigenvalue weighted by Crippen LogP contribution is -2.45. The van der Waals surface area contributed by atoms with Gasteiger partial charge < -0.3 is 10.2 Å². The number of aryl methyl sites for hydroxylation is 1. The molecule has 3 rings (SSSR count). The molecule has 28 heavy (non-hydrogen) atoms. The average molecular weight is 446 g/mol. The van der Waals surface area contributed by atoms with Gasteiger partial charge in [0.1, 0.15) is 21.5 Å². The highest BCUT2D eigenvalue weighted by Crippen LogP contribution is 2.33. The van der Waals surface area contributed by atoms with Gasteiger partial charge in [0.25, 0.3) is 0 Å². The summed E-state index contributed by atoms with van der Waals surface area (Å²) in [5.41, 5.74) is 0.432. The Morgan fingerprint density at radius 2 is 2.04 bits per heavy atom. The molecule has 1 aromatic carbocycles. The smallest absolute Gasteiger partial charge is 0.187 e. The monoisotopic (exact) mass is 445 g/mol. The van der Waals surface area contributed by atoms with E-state index >= 15 is 0 Å². The zero-order chi connectivity index (χ0) is 20.5. The van der Waals surface area contributed by atoms with E-state index in [9.17, 15) is 12.8 Å². The van der Waals surface area contributed by atoms with E-state index in [0.29, 0.717) is 16.7 Å². The Balaban J connectivity index is 1.84. The van der Waals surface area contributed by atoms with Crippen molar-refractivity contribution >= 4 is 38.5 Å². The van der Waals surface area contributed by atoms with Crippen LogP contribution in [0.2, 0.25) is 5.02 Å². The molecule has 9 heteroatoms. The maximum absolute atomic E-state index is 14.7. The van der Waals surface area contributed by atoms with Crippen LogP contribution in [0.15, 0.2) is 23.2 Å². The fourth-order valence-corrected chi connectivity index (χ4v) is 6.46. The number of rotatable bonds is 6. The molecule has 0 aliphatic heterocycles. The molecule has 5 nitrogen and oxygen atoms in total. The Labute approximate surface area is 174 Å². The molecule has 0 saturated heterocycles. The van der Waals surface area contributed by atoms with Crippen LogP contribution in [0.3, 0.4) is 0 Å². The number of nitrogens with one attached hydrogen (secondary N) is 1. The highest BCUT2D eigenvalue weighted by molar-refractivity contribution is 7.90. The standard InChI is InChI=1S/C19H25ClFN3O2S2/c1-12-10-22-19(27-12)11-28(25,26)18-8-13(20)16(9-14(18)21)23-15-6-4-5-7-17(15)24(2)3/h8-10,15,17,23H,4-7,11H2,1-3H3/t15-,17-/m0/s1. The van der Waals surface area contributed by atoms with Gasteiger partial charge in [-0.1, -0.05) is 24.4 Å². The van der Waals surface area contributed by atoms with E-state index in [-0.39, 0.29) is 21.7 Å². The van der Waals surface area contributed by atoms with E-state index in [1.54, 1.807) is 6.20 Å². The van der Waals surface area contributed by atoms with Gasteiger partial charge >= 0.3 is 0 Å². The van der Waals surface area contributed by atoms with E-state index in [1.807, 2.05) is 21.0 Å². The number of anilines is 1. The summed E-state index contributed by atoms with van der Waals surface area (Å²) in [4.78, 5) is 6.75. The van der Waals surface area contributed by atoms with Gasteiger partial charge in [-0.2, -0.15) is 0 Å². The molecule has 1 saturated carbocycles. The van der Waals surface area contributed by atoms with Crippen molar-refractivity contribution in [3.05, 3.63) is 39.1 Å². The van der Waals surface area contributed by atoms with E-state index in [0.717, 1.165) is 30.6 Å². The van der Waals surface area contributed by atoms with Crippen LogP contribution in [-0.4, -0.2) is 44.5 Å². The maximum Gasteiger partial charge on any atom is 0.187 e. The van der Waals surface area contributed by atoms with E-state index in [2.05, 4.69) is 15.2 Å². The van der Waals surface area contributed by atoms with Crippen molar-refractivity contribution in [2.24, 2.45) is 0 Å². The van der Waals surface area contributed by atoms with E-state index in [1.165, 1.54) is 23.5 Å². The first-order valence-corrected chi connectivity index (χ1v) is 12.1. The van der Waals surface area contributed by atoms with Crippen LogP contribution in [0.4, 0.5) is 10.1 Å². The molecule has 1 aromatic heterocycles. The van der Waals surface area contributed by atoms with Crippen molar-refractivity contribution in [3.63, 3.8) is 0 Å². The molecular weight excluding hydrogens is 421 g/mol. The van der Waals surface area contributed by atoms with Crippen molar-refractivity contribution in [1.29, 1.82) is 0 Å². The second-order valence-electron chi connectivity index (χ2n) is 7.45. The molecular formula is C19H25ClFN3O2S2. The van der Waals surface area contributed by atoms with Gasteiger partial charge in [0.15, 0.2) is 9.84 Å². The molecule has 0 spiro atoms. The van der Waals surface area contributed by atoms with Crippen LogP contribution in [0, 0.1) is 12.7 Å². The molecule has 0 unspecified atom stereocenters. The van der Waals surface area contributed by atoms with Crippen molar-refractivity contribution in [2.75, 3.05) is 19.4 Å². The van der Waals surface area contributed by atoms with Crippen LogP contribution >= 0.6 is 22.9 Å². The third-order valence-corrected chi connectivity index (χ3v) is 8.12. The van der Waals surface area contributed by atoms with Crippen LogP contribution in [0.5, 0.6) is 0 Å². The summed E-state index contributed by atoms with van der Waals surface area (Å²) in [5, 5.41) is 3.98. The number of nitrogens with zero attached hydrogens (tertiary/aromatic N) is 2. The molecule has 2 aromatic rings. The van der Waals surface area contributed by atoms with Crippen LogP contribution < -0.4 is 5.32 Å². The predicted molar refractivity (Wildman–Crippen MR) is 113 cm³/mol. The lowest BCUT2D eigenvalue weighted by Gasteiger charge is -2.37. The lowest BCUT2D eigenvalue weighted by molar-refractivity contribution is 0.211. The third kappa shape index (κ3) is 4.84. The number of aromatic nitrogens is 1. The molecule has 1 N–H and O–H groups in total. The molecule has 1 aliphatic rings. The summed E-state index contributed by atoms with van der Waals surface area (Å²) < 4.78 is 40.1. The van der Waals surface area contributed by atoms with E-state index < -0.39 is 15.7 Å². The number of hydrogen-bond donors (Lipinski definition) is 1. The first-order chi connectivity index (χ1) is 13.2. The molecule has 1 heterocycles. The zero-order valence-electron chi connectivity index (χ0n) is 16.2. The fraction of sp³-hybridized carbons (Fsp3) is 0.526. The summed E-state index contributed by atoms with van der Waals surface area (Å²) in [7, 11) is 0.186. The van der Waals surface area contributed by atoms with Crippen molar-refractivity contribution in [2.45, 2.75) is 55.3 Å². The van der Waals surface area contributed by atoms with Gasteiger partial charge in [0.2, 0.25) is 0 Å². The van der Waals surface area contributed by atoms with Gasteiger partial charge in [0.05, 0.1) is 10.7 Å². The first-order valence-electron chi connectivity index (χ1n) is 9.23. The topological polar surface area (TPSA) is 62.3 Å². The second kappa shape index (κ2) is 8.65. The summed E-state index contributed by atoms with van der Waals surface area (Å²) in [6.45, 7) is 1.85. The van der Waals surface area contributed by atoms with Gasteiger partial charge in [0, 0.05) is 23.2 Å². The summed E-state index contributed by atoms with van der Waals surface area (Å²) in [5.74, 6) is -1.13. The Morgan fingerprint density at radius 1 is 1.32 bits per heavy atom. The van der Waals surface area contributed by atoms with Crippen LogP contribution in [0.1, 0.15) is 35.6 Å². The number of benzene rings is 1. The Morgan fingerprint density at radius 3 is 2.68 bits per heavy atom. The molecule has 2 atom stereocenters. The first kappa shape index (κ1) is 21.5. The van der Waals surface area contributed by atoms with Crippen LogP contribution in [0.25, 0.3) is 0 Å². The number of halogens is 2. The highest BCUT2D eigenvalue weighted by atomic mass is 35.5. The van der Waals surface area contributed by atoms with Gasteiger partial charge in [-0.25, -0.2) is 17.8 Å². The quantitative estimate of drug-likeness (QED) is 0.709. The molecule has 0 bridgehead atoms. The average Bonchev–Trinajstić information content (AvgIpc) is 3.02. The number of sulfone groups is 1.